The van der Waals surface area contributed by atoms with Gasteiger partial charge in [0.2, 0.25) is 0 Å². The molecule has 1 aromatic carbocycles. The smallest absolute Gasteiger partial charge is 0.427 e. The first-order valence-electron chi connectivity index (χ1n) is 4.48. The van der Waals surface area contributed by atoms with Crippen LogP contribution in [0.5, 0.6) is 0 Å². The lowest BCUT2D eigenvalue weighted by Crippen LogP contribution is -2.16. The molecule has 1 aromatic rings. The van der Waals surface area contributed by atoms with Gasteiger partial charge >= 0.3 is 12.3 Å². The number of hydrogen-bond donors (Lipinski definition) is 1. The molecule has 7 heteroatoms. The topological polar surface area (TPSA) is 50.7 Å². The second-order valence-corrected chi connectivity index (χ2v) is 2.98. The highest BCUT2D eigenvalue weighted by Gasteiger charge is 2.30. The summed E-state index contributed by atoms with van der Waals surface area (Å²) in [7, 11) is 1.15. The molecular weight excluding hydrogens is 237 g/mol. The summed E-state index contributed by atoms with van der Waals surface area (Å²) in [6.07, 6.45) is -4.11. The quantitative estimate of drug-likeness (QED) is 0.643. The molecule has 0 aliphatic heterocycles. The van der Waals surface area contributed by atoms with E-state index in [0.29, 0.717) is 0 Å². The number of carbonyl (C=O) groups excluding carboxylic acids is 1. The molecule has 1 amide bonds. The highest BCUT2D eigenvalue weighted by molar-refractivity contribution is 5.81. The average molecular weight is 246 g/mol. The largest absolute Gasteiger partial charge is 0.452 e. The van der Waals surface area contributed by atoms with Crippen LogP contribution in [0.1, 0.15) is 11.1 Å². The molecule has 0 fully saturated rings. The van der Waals surface area contributed by atoms with Gasteiger partial charge in [-0.1, -0.05) is 12.1 Å². The molecule has 0 aliphatic carbocycles. The van der Waals surface area contributed by atoms with E-state index in [1.807, 2.05) is 5.43 Å². The standard InChI is InChI=1S/C10H9F3N2O2/c1-17-9(16)15-14-6-7-3-2-4-8(5-7)10(11,12)13/h2-6H,1H3,(H,15,16)/b14-6+. The number of nitrogens with zero attached hydrogens (tertiary/aromatic N) is 1. The molecule has 0 aliphatic rings. The van der Waals surface area contributed by atoms with E-state index in [1.54, 1.807) is 0 Å². The van der Waals surface area contributed by atoms with Crippen LogP contribution < -0.4 is 5.43 Å². The van der Waals surface area contributed by atoms with E-state index in [-0.39, 0.29) is 5.56 Å². The van der Waals surface area contributed by atoms with Crippen molar-refractivity contribution < 1.29 is 22.7 Å². The first-order valence-corrected chi connectivity index (χ1v) is 4.48. The van der Waals surface area contributed by atoms with E-state index in [4.69, 9.17) is 0 Å². The van der Waals surface area contributed by atoms with Gasteiger partial charge in [0.05, 0.1) is 18.9 Å². The van der Waals surface area contributed by atoms with Gasteiger partial charge in [0.15, 0.2) is 0 Å². The molecule has 0 atom stereocenters. The molecule has 0 aromatic heterocycles. The number of methoxy groups -OCH3 is 1. The van der Waals surface area contributed by atoms with Crippen LogP contribution in [0.3, 0.4) is 0 Å². The molecule has 0 unspecified atom stereocenters. The summed E-state index contributed by atoms with van der Waals surface area (Å²) in [4.78, 5) is 10.6. The molecule has 0 radical (unpaired) electrons. The highest BCUT2D eigenvalue weighted by atomic mass is 19.4. The minimum absolute atomic E-state index is 0.219. The van der Waals surface area contributed by atoms with E-state index in [9.17, 15) is 18.0 Å². The van der Waals surface area contributed by atoms with Crippen LogP contribution in [0.2, 0.25) is 0 Å². The van der Waals surface area contributed by atoms with Gasteiger partial charge in [-0.3, -0.25) is 0 Å². The van der Waals surface area contributed by atoms with E-state index < -0.39 is 17.8 Å². The Morgan fingerprint density at radius 3 is 2.76 bits per heavy atom. The number of nitrogens with one attached hydrogen (secondary N) is 1. The monoisotopic (exact) mass is 246 g/mol. The molecule has 0 bridgehead atoms. The molecule has 17 heavy (non-hydrogen) atoms. The molecule has 0 heterocycles. The fraction of sp³-hybridized carbons (Fsp3) is 0.200. The third-order valence-electron chi connectivity index (χ3n) is 1.77. The lowest BCUT2D eigenvalue weighted by atomic mass is 10.1. The summed E-state index contributed by atoms with van der Waals surface area (Å²) in [5, 5.41) is 3.42. The van der Waals surface area contributed by atoms with Gasteiger partial charge in [-0.2, -0.15) is 18.3 Å². The van der Waals surface area contributed by atoms with Gasteiger partial charge in [-0.25, -0.2) is 10.2 Å². The molecule has 1 rings (SSSR count). The highest BCUT2D eigenvalue weighted by Crippen LogP contribution is 2.29. The van der Waals surface area contributed by atoms with E-state index in [1.165, 1.54) is 12.1 Å². The maximum atomic E-state index is 12.3. The maximum Gasteiger partial charge on any atom is 0.427 e. The minimum Gasteiger partial charge on any atom is -0.452 e. The molecule has 4 nitrogen and oxygen atoms in total. The van der Waals surface area contributed by atoms with Crippen molar-refractivity contribution in [3.8, 4) is 0 Å². The van der Waals surface area contributed by atoms with Crippen molar-refractivity contribution in [3.05, 3.63) is 35.4 Å². The fourth-order valence-corrected chi connectivity index (χ4v) is 1.00. The third kappa shape index (κ3) is 4.13. The molecule has 0 saturated carbocycles. The predicted octanol–water partition coefficient (Wildman–Crippen LogP) is 2.40. The number of amides is 1. The molecule has 92 valence electrons. The van der Waals surface area contributed by atoms with Crippen LogP contribution in [0.15, 0.2) is 29.4 Å². The minimum atomic E-state index is -4.40. The molecule has 1 N–H and O–H groups in total. The number of halogens is 3. The van der Waals surface area contributed by atoms with Crippen molar-refractivity contribution in [1.29, 1.82) is 0 Å². The van der Waals surface area contributed by atoms with Crippen molar-refractivity contribution in [1.82, 2.24) is 5.43 Å². The van der Waals surface area contributed by atoms with Crippen LogP contribution in [-0.4, -0.2) is 19.4 Å². The Morgan fingerprint density at radius 1 is 1.47 bits per heavy atom. The SMILES string of the molecule is COC(=O)N/N=C/c1cccc(C(F)(F)F)c1. The van der Waals surface area contributed by atoms with E-state index >= 15 is 0 Å². The van der Waals surface area contributed by atoms with Gasteiger partial charge in [0.25, 0.3) is 0 Å². The number of carbonyl (C=O) groups is 1. The fourth-order valence-electron chi connectivity index (χ4n) is 1.00. The number of hydrogen-bond acceptors (Lipinski definition) is 3. The Balaban J connectivity index is 2.76. The Bertz CT molecular complexity index is 430. The van der Waals surface area contributed by atoms with Crippen LogP contribution in [-0.2, 0) is 10.9 Å². The average Bonchev–Trinajstić information content (AvgIpc) is 2.28. The summed E-state index contributed by atoms with van der Waals surface area (Å²) in [5.41, 5.74) is 1.41. The zero-order valence-electron chi connectivity index (χ0n) is 8.78. The van der Waals surface area contributed by atoms with E-state index in [2.05, 4.69) is 9.84 Å². The Hall–Kier alpha value is -2.05. The van der Waals surface area contributed by atoms with Crippen molar-refractivity contribution in [2.24, 2.45) is 5.10 Å². The maximum absolute atomic E-state index is 12.3. The van der Waals surface area contributed by atoms with Crippen molar-refractivity contribution >= 4 is 12.3 Å². The molecule has 0 spiro atoms. The summed E-state index contributed by atoms with van der Waals surface area (Å²) in [5.74, 6) is 0. The van der Waals surface area contributed by atoms with Gasteiger partial charge < -0.3 is 4.74 Å². The molecule has 0 saturated heterocycles. The predicted molar refractivity (Wildman–Crippen MR) is 54.6 cm³/mol. The lowest BCUT2D eigenvalue weighted by molar-refractivity contribution is -0.137. The normalized spacial score (nSPS) is 11.5. The number of ether oxygens (including phenoxy) is 1. The van der Waals surface area contributed by atoms with Gasteiger partial charge in [-0.15, -0.1) is 0 Å². The second kappa shape index (κ2) is 5.33. The van der Waals surface area contributed by atoms with Crippen LogP contribution in [0.4, 0.5) is 18.0 Å². The van der Waals surface area contributed by atoms with Crippen LogP contribution in [0, 0.1) is 0 Å². The summed E-state index contributed by atoms with van der Waals surface area (Å²) >= 11 is 0. The Morgan fingerprint density at radius 2 is 2.18 bits per heavy atom. The number of rotatable bonds is 2. The second-order valence-electron chi connectivity index (χ2n) is 2.98. The van der Waals surface area contributed by atoms with Crippen molar-refractivity contribution in [2.45, 2.75) is 6.18 Å². The van der Waals surface area contributed by atoms with Gasteiger partial charge in [0, 0.05) is 0 Å². The number of hydrazone groups is 1. The van der Waals surface area contributed by atoms with Crippen LogP contribution in [0.25, 0.3) is 0 Å². The number of alkyl halides is 3. The Labute approximate surface area is 95.1 Å². The van der Waals surface area contributed by atoms with E-state index in [0.717, 1.165) is 25.5 Å². The van der Waals surface area contributed by atoms with Gasteiger partial charge in [0.1, 0.15) is 0 Å². The Kier molecular flexibility index (Phi) is 4.08. The summed E-state index contributed by atoms with van der Waals surface area (Å²) in [6, 6.07) is 4.55. The van der Waals surface area contributed by atoms with Gasteiger partial charge in [-0.05, 0) is 17.7 Å². The molecular formula is C10H9F3N2O2. The zero-order valence-corrected chi connectivity index (χ0v) is 8.78. The first-order chi connectivity index (χ1) is 7.93. The third-order valence-corrected chi connectivity index (χ3v) is 1.77. The summed E-state index contributed by atoms with van der Waals surface area (Å²) < 4.78 is 41.2. The van der Waals surface area contributed by atoms with Crippen molar-refractivity contribution in [2.75, 3.05) is 7.11 Å². The van der Waals surface area contributed by atoms with Crippen LogP contribution >= 0.6 is 0 Å². The first kappa shape index (κ1) is 13.0. The lowest BCUT2D eigenvalue weighted by Gasteiger charge is -2.06. The van der Waals surface area contributed by atoms with Crippen molar-refractivity contribution in [3.63, 3.8) is 0 Å². The zero-order chi connectivity index (χ0) is 12.9. The number of benzene rings is 1. The summed E-state index contributed by atoms with van der Waals surface area (Å²) in [6.45, 7) is 0.